The summed E-state index contributed by atoms with van der Waals surface area (Å²) in [7, 11) is 0. The third kappa shape index (κ3) is 4.51. The van der Waals surface area contributed by atoms with Crippen LogP contribution in [-0.2, 0) is 10.8 Å². The van der Waals surface area contributed by atoms with Crippen LogP contribution in [0.4, 0.5) is 0 Å². The second kappa shape index (κ2) is 12.9. The van der Waals surface area contributed by atoms with E-state index in [0.29, 0.717) is 5.82 Å². The van der Waals surface area contributed by atoms with E-state index in [1.807, 2.05) is 11.3 Å². The van der Waals surface area contributed by atoms with Crippen molar-refractivity contribution in [3.63, 3.8) is 0 Å². The van der Waals surface area contributed by atoms with Crippen LogP contribution < -0.4 is 0 Å². The van der Waals surface area contributed by atoms with Crippen LogP contribution in [0, 0.1) is 0 Å². The standard InChI is InChI=1S/C60H36N2S/c1-2-17-37(18-3-1)53-36-54(38-33-34-56-45(35-38)43-23-8-15-32-55(43)63-56)62-58(61-53)44-24-16-31-52-57(44)60(48-27-11-6-21-41(48)42-22-7-12-28-49(42)60)51-30-14-13-29-50(51)59(52)46-25-9-4-19-39(46)40-20-5-10-26-47(40)59/h1-36H. The molecule has 0 atom stereocenters. The smallest absolute Gasteiger partial charge is 0.160 e. The first-order valence-electron chi connectivity index (χ1n) is 21.7. The lowest BCUT2D eigenvalue weighted by Gasteiger charge is -2.49. The maximum atomic E-state index is 5.70. The van der Waals surface area contributed by atoms with Crippen LogP contribution in [0.3, 0.4) is 0 Å². The van der Waals surface area contributed by atoms with Crippen LogP contribution in [0.1, 0.15) is 44.5 Å². The fourth-order valence-electron chi connectivity index (χ4n) is 11.8. The first-order chi connectivity index (χ1) is 31.2. The summed E-state index contributed by atoms with van der Waals surface area (Å²) in [6.45, 7) is 0. The van der Waals surface area contributed by atoms with E-state index in [1.54, 1.807) is 0 Å². The van der Waals surface area contributed by atoms with Crippen molar-refractivity contribution in [3.8, 4) is 56.2 Å². The SMILES string of the molecule is c1ccc(-c2cc(-c3ccc4sc5ccccc5c4c3)nc(-c3cccc4c3C3(c5ccccc5-c5ccccc53)c3ccccc3C43c4ccccc4-c4ccccc43)n2)cc1. The molecule has 3 aliphatic rings. The minimum absolute atomic E-state index is 0.599. The number of benzene rings is 9. The van der Waals surface area contributed by atoms with E-state index in [4.69, 9.17) is 9.97 Å². The summed E-state index contributed by atoms with van der Waals surface area (Å²) in [6.07, 6.45) is 0. The predicted molar refractivity (Wildman–Crippen MR) is 259 cm³/mol. The van der Waals surface area contributed by atoms with Crippen LogP contribution in [0.25, 0.3) is 76.3 Å². The average Bonchev–Trinajstić information content (AvgIpc) is 3.98. The van der Waals surface area contributed by atoms with Crippen LogP contribution in [0.15, 0.2) is 218 Å². The van der Waals surface area contributed by atoms with Gasteiger partial charge in [0.05, 0.1) is 22.2 Å². The Morgan fingerprint density at radius 2 is 0.762 bits per heavy atom. The summed E-state index contributed by atoms with van der Waals surface area (Å²) in [6, 6.07) is 80.9. The molecule has 0 amide bonds. The van der Waals surface area contributed by atoms with Gasteiger partial charge in [0.2, 0.25) is 0 Å². The Balaban J connectivity index is 1.15. The Hall–Kier alpha value is -7.72. The van der Waals surface area contributed by atoms with Gasteiger partial charge in [-0.1, -0.05) is 194 Å². The third-order valence-electron chi connectivity index (χ3n) is 14.2. The molecule has 3 aliphatic carbocycles. The highest BCUT2D eigenvalue weighted by Crippen LogP contribution is 2.68. The molecule has 14 rings (SSSR count). The Morgan fingerprint density at radius 3 is 1.40 bits per heavy atom. The Morgan fingerprint density at radius 1 is 0.302 bits per heavy atom. The van der Waals surface area contributed by atoms with Gasteiger partial charge in [0.1, 0.15) is 0 Å². The summed E-state index contributed by atoms with van der Waals surface area (Å²) in [5.74, 6) is 0.716. The highest BCUT2D eigenvalue weighted by molar-refractivity contribution is 7.25. The van der Waals surface area contributed by atoms with Crippen molar-refractivity contribution in [2.45, 2.75) is 10.8 Å². The Labute approximate surface area is 369 Å². The zero-order valence-corrected chi connectivity index (χ0v) is 34.9. The van der Waals surface area contributed by atoms with Gasteiger partial charge in [0, 0.05) is 36.9 Å². The van der Waals surface area contributed by atoms with Gasteiger partial charge < -0.3 is 0 Å². The number of nitrogens with zero attached hydrogens (tertiary/aromatic N) is 2. The molecule has 0 N–H and O–H groups in total. The Kier molecular flexibility index (Phi) is 7.15. The van der Waals surface area contributed by atoms with E-state index in [0.717, 1.165) is 28.1 Å². The van der Waals surface area contributed by atoms with Crippen molar-refractivity contribution in [3.05, 3.63) is 263 Å². The molecule has 0 unspecified atom stereocenters. The Bertz CT molecular complexity index is 3620. The molecule has 0 fully saturated rings. The molecule has 2 nitrogen and oxygen atoms in total. The van der Waals surface area contributed by atoms with Gasteiger partial charge in [-0.25, -0.2) is 9.97 Å². The topological polar surface area (TPSA) is 25.8 Å². The number of thiophene rings is 1. The highest BCUT2D eigenvalue weighted by Gasteiger charge is 2.59. The maximum absolute atomic E-state index is 5.70. The molecule has 0 bridgehead atoms. The lowest BCUT2D eigenvalue weighted by atomic mass is 9.51. The molecule has 2 spiro atoms. The zero-order valence-electron chi connectivity index (χ0n) is 34.1. The van der Waals surface area contributed by atoms with Gasteiger partial charge in [-0.2, -0.15) is 0 Å². The molecular formula is C60H36N2S. The predicted octanol–water partition coefficient (Wildman–Crippen LogP) is 14.9. The lowest BCUT2D eigenvalue weighted by Crippen LogP contribution is -2.44. The quantitative estimate of drug-likeness (QED) is 0.177. The number of aromatic nitrogens is 2. The molecule has 2 heterocycles. The maximum Gasteiger partial charge on any atom is 0.160 e. The van der Waals surface area contributed by atoms with Crippen LogP contribution in [0.2, 0.25) is 0 Å². The monoisotopic (exact) mass is 816 g/mol. The molecule has 0 radical (unpaired) electrons. The average molecular weight is 817 g/mol. The molecule has 292 valence electrons. The molecule has 63 heavy (non-hydrogen) atoms. The van der Waals surface area contributed by atoms with E-state index in [2.05, 4.69) is 218 Å². The largest absolute Gasteiger partial charge is 0.228 e. The molecule has 2 aromatic heterocycles. The summed E-state index contributed by atoms with van der Waals surface area (Å²) < 4.78 is 2.57. The van der Waals surface area contributed by atoms with Crippen molar-refractivity contribution < 1.29 is 0 Å². The van der Waals surface area contributed by atoms with Crippen molar-refractivity contribution >= 4 is 31.5 Å². The van der Waals surface area contributed by atoms with E-state index < -0.39 is 10.8 Å². The summed E-state index contributed by atoms with van der Waals surface area (Å²) >= 11 is 1.84. The van der Waals surface area contributed by atoms with E-state index in [-0.39, 0.29) is 0 Å². The van der Waals surface area contributed by atoms with Crippen LogP contribution in [0.5, 0.6) is 0 Å². The fraction of sp³-hybridized carbons (Fsp3) is 0.0333. The number of hydrogen-bond acceptors (Lipinski definition) is 3. The van der Waals surface area contributed by atoms with Gasteiger partial charge in [-0.05, 0) is 91.0 Å². The lowest BCUT2D eigenvalue weighted by molar-refractivity contribution is 0.634. The molecule has 0 saturated heterocycles. The third-order valence-corrected chi connectivity index (χ3v) is 15.3. The summed E-state index contributed by atoms with van der Waals surface area (Å²) in [5.41, 5.74) is 19.1. The van der Waals surface area contributed by atoms with Crippen LogP contribution >= 0.6 is 11.3 Å². The minimum atomic E-state index is -0.672. The van der Waals surface area contributed by atoms with E-state index in [9.17, 15) is 0 Å². The number of rotatable bonds is 3. The molecule has 3 heteroatoms. The van der Waals surface area contributed by atoms with Gasteiger partial charge in [-0.3, -0.25) is 0 Å². The van der Waals surface area contributed by atoms with Crippen molar-refractivity contribution in [1.82, 2.24) is 9.97 Å². The van der Waals surface area contributed by atoms with E-state index >= 15 is 0 Å². The van der Waals surface area contributed by atoms with Gasteiger partial charge in [0.15, 0.2) is 5.82 Å². The highest BCUT2D eigenvalue weighted by atomic mass is 32.1. The number of hydrogen-bond donors (Lipinski definition) is 0. The second-order valence-corrected chi connectivity index (χ2v) is 18.2. The fourth-order valence-corrected chi connectivity index (χ4v) is 12.9. The molecule has 9 aromatic carbocycles. The summed E-state index contributed by atoms with van der Waals surface area (Å²) in [5, 5.41) is 2.53. The van der Waals surface area contributed by atoms with Gasteiger partial charge in [-0.15, -0.1) is 11.3 Å². The second-order valence-electron chi connectivity index (χ2n) is 17.1. The normalized spacial score (nSPS) is 14.3. The van der Waals surface area contributed by atoms with Crippen molar-refractivity contribution in [2.75, 3.05) is 0 Å². The zero-order chi connectivity index (χ0) is 41.3. The molecular weight excluding hydrogens is 781 g/mol. The number of fused-ring (bicyclic) bond motifs is 19. The molecule has 11 aromatic rings. The van der Waals surface area contributed by atoms with Crippen molar-refractivity contribution in [1.29, 1.82) is 0 Å². The van der Waals surface area contributed by atoms with Crippen molar-refractivity contribution in [2.24, 2.45) is 0 Å². The van der Waals surface area contributed by atoms with Crippen LogP contribution in [-0.4, -0.2) is 9.97 Å². The molecule has 0 saturated carbocycles. The van der Waals surface area contributed by atoms with Gasteiger partial charge in [0.25, 0.3) is 0 Å². The van der Waals surface area contributed by atoms with E-state index in [1.165, 1.54) is 86.9 Å². The summed E-state index contributed by atoms with van der Waals surface area (Å²) in [4.78, 5) is 11.3. The first kappa shape index (κ1) is 34.9. The minimum Gasteiger partial charge on any atom is -0.228 e. The van der Waals surface area contributed by atoms with Gasteiger partial charge >= 0.3 is 0 Å². The molecule has 0 aliphatic heterocycles. The first-order valence-corrected chi connectivity index (χ1v) is 22.6.